The molecular formula is C14H19NO. The highest BCUT2D eigenvalue weighted by molar-refractivity contribution is 5.31. The molecule has 86 valence electrons. The molecule has 1 rings (SSSR count). The Morgan fingerprint density at radius 1 is 1.38 bits per heavy atom. The number of allylic oxidation sites excluding steroid dienone is 1. The summed E-state index contributed by atoms with van der Waals surface area (Å²) in [5.41, 5.74) is 1.22. The fourth-order valence-corrected chi connectivity index (χ4v) is 1.51. The largest absolute Gasteiger partial charge is 0.497 e. The maximum atomic E-state index is 5.14. The summed E-state index contributed by atoms with van der Waals surface area (Å²) in [4.78, 5) is 0. The molecule has 0 aromatic heterocycles. The van der Waals surface area contributed by atoms with Crippen LogP contribution in [-0.2, 0) is 0 Å². The molecule has 0 amide bonds. The zero-order chi connectivity index (χ0) is 11.8. The monoisotopic (exact) mass is 217 g/mol. The number of benzene rings is 1. The second-order valence-corrected chi connectivity index (χ2v) is 3.47. The summed E-state index contributed by atoms with van der Waals surface area (Å²) >= 11 is 0. The molecular weight excluding hydrogens is 198 g/mol. The lowest BCUT2D eigenvalue weighted by atomic mass is 10.1. The first kappa shape index (κ1) is 12.5. The van der Waals surface area contributed by atoms with Crippen molar-refractivity contribution in [3.8, 4) is 5.75 Å². The van der Waals surface area contributed by atoms with E-state index in [0.29, 0.717) is 0 Å². The first-order valence-electron chi connectivity index (χ1n) is 5.43. The van der Waals surface area contributed by atoms with Gasteiger partial charge in [0.15, 0.2) is 0 Å². The number of nitrogens with one attached hydrogen (secondary N) is 1. The Labute approximate surface area is 97.6 Å². The van der Waals surface area contributed by atoms with Gasteiger partial charge in [0.2, 0.25) is 0 Å². The van der Waals surface area contributed by atoms with E-state index in [0.717, 1.165) is 12.3 Å². The lowest BCUT2D eigenvalue weighted by Crippen LogP contribution is -2.19. The smallest absolute Gasteiger partial charge is 0.118 e. The molecule has 1 atom stereocenters. The lowest BCUT2D eigenvalue weighted by Gasteiger charge is -2.14. The minimum absolute atomic E-state index is 0.230. The molecule has 1 aromatic rings. The van der Waals surface area contributed by atoms with Gasteiger partial charge in [0.25, 0.3) is 0 Å². The SMILES string of the molecule is C=CCN[C@@H](/C=C/C)c1ccc(OC)cc1. The van der Waals surface area contributed by atoms with Crippen molar-refractivity contribution in [2.45, 2.75) is 13.0 Å². The molecule has 1 N–H and O–H groups in total. The van der Waals surface area contributed by atoms with Crippen molar-refractivity contribution >= 4 is 0 Å². The number of methoxy groups -OCH3 is 1. The summed E-state index contributed by atoms with van der Waals surface area (Å²) in [7, 11) is 1.67. The molecule has 0 spiro atoms. The molecule has 0 aliphatic rings. The maximum absolute atomic E-state index is 5.14. The van der Waals surface area contributed by atoms with E-state index < -0.39 is 0 Å². The fraction of sp³-hybridized carbons (Fsp3) is 0.286. The summed E-state index contributed by atoms with van der Waals surface area (Å²) in [5, 5.41) is 3.38. The quantitative estimate of drug-likeness (QED) is 0.739. The minimum atomic E-state index is 0.230. The Balaban J connectivity index is 2.78. The number of rotatable bonds is 6. The Hall–Kier alpha value is -1.54. The average molecular weight is 217 g/mol. The van der Waals surface area contributed by atoms with Crippen LogP contribution >= 0.6 is 0 Å². The van der Waals surface area contributed by atoms with E-state index >= 15 is 0 Å². The molecule has 0 saturated carbocycles. The van der Waals surface area contributed by atoms with E-state index in [9.17, 15) is 0 Å². The highest BCUT2D eigenvalue weighted by Gasteiger charge is 2.05. The third kappa shape index (κ3) is 3.55. The van der Waals surface area contributed by atoms with Crippen LogP contribution in [0.25, 0.3) is 0 Å². The van der Waals surface area contributed by atoms with Gasteiger partial charge in [-0.2, -0.15) is 0 Å². The van der Waals surface area contributed by atoms with Crippen LogP contribution in [0.2, 0.25) is 0 Å². The van der Waals surface area contributed by atoms with Gasteiger partial charge >= 0.3 is 0 Å². The summed E-state index contributed by atoms with van der Waals surface area (Å²) in [6.07, 6.45) is 6.04. The van der Waals surface area contributed by atoms with Crippen LogP contribution in [0, 0.1) is 0 Å². The van der Waals surface area contributed by atoms with E-state index in [4.69, 9.17) is 4.74 Å². The molecule has 1 aromatic carbocycles. The normalized spacial score (nSPS) is 12.6. The van der Waals surface area contributed by atoms with E-state index in [1.807, 2.05) is 31.2 Å². The molecule has 0 aliphatic heterocycles. The standard InChI is InChI=1S/C14H19NO/c1-4-6-14(15-11-5-2)12-7-9-13(16-3)10-8-12/h4-10,14-15H,2,11H2,1,3H3/b6-4+/t14-/m0/s1. The van der Waals surface area contributed by atoms with E-state index in [-0.39, 0.29) is 6.04 Å². The Kier molecular flexibility index (Phi) is 5.37. The van der Waals surface area contributed by atoms with Crippen LogP contribution in [0.5, 0.6) is 5.75 Å². The number of ether oxygens (including phenoxy) is 1. The fourth-order valence-electron chi connectivity index (χ4n) is 1.51. The van der Waals surface area contributed by atoms with Gasteiger partial charge in [0.1, 0.15) is 5.75 Å². The minimum Gasteiger partial charge on any atom is -0.497 e. The number of hydrogen-bond donors (Lipinski definition) is 1. The summed E-state index contributed by atoms with van der Waals surface area (Å²) in [6.45, 7) is 6.52. The molecule has 0 bridgehead atoms. The van der Waals surface area contributed by atoms with Crippen molar-refractivity contribution in [1.82, 2.24) is 5.32 Å². The van der Waals surface area contributed by atoms with Gasteiger partial charge in [-0.05, 0) is 24.6 Å². The van der Waals surface area contributed by atoms with Gasteiger partial charge in [-0.25, -0.2) is 0 Å². The second-order valence-electron chi connectivity index (χ2n) is 3.47. The van der Waals surface area contributed by atoms with Crippen molar-refractivity contribution < 1.29 is 4.74 Å². The summed E-state index contributed by atoms with van der Waals surface area (Å²) in [6, 6.07) is 8.32. The predicted octanol–water partition coefficient (Wildman–Crippen LogP) is 3.09. The van der Waals surface area contributed by atoms with Crippen molar-refractivity contribution in [3.05, 3.63) is 54.6 Å². The Bertz CT molecular complexity index is 340. The third-order valence-corrected chi connectivity index (χ3v) is 2.34. The highest BCUT2D eigenvalue weighted by Crippen LogP contribution is 2.18. The van der Waals surface area contributed by atoms with E-state index in [1.54, 1.807) is 7.11 Å². The highest BCUT2D eigenvalue weighted by atomic mass is 16.5. The molecule has 0 aliphatic carbocycles. The van der Waals surface area contributed by atoms with Crippen LogP contribution in [0.15, 0.2) is 49.1 Å². The Morgan fingerprint density at radius 2 is 2.06 bits per heavy atom. The van der Waals surface area contributed by atoms with Gasteiger partial charge in [0.05, 0.1) is 13.2 Å². The molecule has 2 nitrogen and oxygen atoms in total. The zero-order valence-electron chi connectivity index (χ0n) is 9.94. The average Bonchev–Trinajstić information content (AvgIpc) is 2.35. The van der Waals surface area contributed by atoms with Gasteiger partial charge < -0.3 is 10.1 Å². The summed E-state index contributed by atoms with van der Waals surface area (Å²) in [5.74, 6) is 0.881. The maximum Gasteiger partial charge on any atom is 0.118 e. The molecule has 0 fully saturated rings. The summed E-state index contributed by atoms with van der Waals surface area (Å²) < 4.78 is 5.14. The van der Waals surface area contributed by atoms with Crippen molar-refractivity contribution in [3.63, 3.8) is 0 Å². The van der Waals surface area contributed by atoms with Crippen LogP contribution < -0.4 is 10.1 Å². The number of hydrogen-bond acceptors (Lipinski definition) is 2. The van der Waals surface area contributed by atoms with Crippen molar-refractivity contribution in [1.29, 1.82) is 0 Å². The first-order valence-corrected chi connectivity index (χ1v) is 5.43. The van der Waals surface area contributed by atoms with E-state index in [2.05, 4.69) is 30.1 Å². The van der Waals surface area contributed by atoms with Crippen molar-refractivity contribution in [2.75, 3.05) is 13.7 Å². The lowest BCUT2D eigenvalue weighted by molar-refractivity contribution is 0.414. The Morgan fingerprint density at radius 3 is 2.56 bits per heavy atom. The van der Waals surface area contributed by atoms with Crippen LogP contribution in [-0.4, -0.2) is 13.7 Å². The molecule has 0 radical (unpaired) electrons. The molecule has 16 heavy (non-hydrogen) atoms. The van der Waals surface area contributed by atoms with E-state index in [1.165, 1.54) is 5.56 Å². The third-order valence-electron chi connectivity index (χ3n) is 2.34. The molecule has 0 unspecified atom stereocenters. The van der Waals surface area contributed by atoms with Crippen LogP contribution in [0.4, 0.5) is 0 Å². The van der Waals surface area contributed by atoms with Gasteiger partial charge in [0, 0.05) is 6.54 Å². The predicted molar refractivity (Wildman–Crippen MR) is 68.7 cm³/mol. The topological polar surface area (TPSA) is 21.3 Å². The van der Waals surface area contributed by atoms with Gasteiger partial charge in [-0.15, -0.1) is 6.58 Å². The van der Waals surface area contributed by atoms with Crippen LogP contribution in [0.3, 0.4) is 0 Å². The van der Waals surface area contributed by atoms with Gasteiger partial charge in [-0.1, -0.05) is 30.4 Å². The van der Waals surface area contributed by atoms with Crippen molar-refractivity contribution in [2.24, 2.45) is 0 Å². The second kappa shape index (κ2) is 6.85. The van der Waals surface area contributed by atoms with Gasteiger partial charge in [-0.3, -0.25) is 0 Å². The van der Waals surface area contributed by atoms with Crippen LogP contribution in [0.1, 0.15) is 18.5 Å². The molecule has 0 saturated heterocycles. The zero-order valence-corrected chi connectivity index (χ0v) is 9.94. The molecule has 0 heterocycles. The molecule has 2 heteroatoms. The first-order chi connectivity index (χ1) is 7.81.